The van der Waals surface area contributed by atoms with E-state index in [-0.39, 0.29) is 16.9 Å². The molecule has 0 fully saturated rings. The van der Waals surface area contributed by atoms with Gasteiger partial charge in [-0.2, -0.15) is 13.2 Å². The number of aromatic nitrogens is 2. The van der Waals surface area contributed by atoms with E-state index in [4.69, 9.17) is 16.7 Å². The van der Waals surface area contributed by atoms with E-state index in [2.05, 4.69) is 10.4 Å². The van der Waals surface area contributed by atoms with Gasteiger partial charge in [-0.25, -0.2) is 9.07 Å². The van der Waals surface area contributed by atoms with Crippen LogP contribution in [0.5, 0.6) is 0 Å². The maximum absolute atomic E-state index is 14.0. The van der Waals surface area contributed by atoms with Gasteiger partial charge in [-0.05, 0) is 23.8 Å². The number of carboxylic acid groups (broad SMARTS) is 1. The lowest BCUT2D eigenvalue weighted by Crippen LogP contribution is -2.31. The number of carbonyl (C=O) groups excluding carboxylic acids is 1. The molecule has 168 valence electrons. The molecule has 0 aliphatic rings. The van der Waals surface area contributed by atoms with Crippen molar-refractivity contribution < 1.29 is 32.3 Å². The lowest BCUT2D eigenvalue weighted by molar-refractivity contribution is -0.138. The van der Waals surface area contributed by atoms with Crippen LogP contribution in [0.3, 0.4) is 0 Å². The van der Waals surface area contributed by atoms with Gasteiger partial charge in [-0.1, -0.05) is 35.9 Å². The van der Waals surface area contributed by atoms with Gasteiger partial charge in [0.05, 0.1) is 23.0 Å². The molecule has 3 aromatic rings. The molecule has 3 rings (SSSR count). The number of hydrogen-bond acceptors (Lipinski definition) is 3. The van der Waals surface area contributed by atoms with E-state index in [0.29, 0.717) is 0 Å². The lowest BCUT2D eigenvalue weighted by Gasteiger charge is -2.20. The van der Waals surface area contributed by atoms with Gasteiger partial charge < -0.3 is 10.4 Å². The van der Waals surface area contributed by atoms with Gasteiger partial charge in [0.2, 0.25) is 0 Å². The van der Waals surface area contributed by atoms with Gasteiger partial charge in [-0.3, -0.25) is 19.5 Å². The number of aliphatic carboxylic acids is 1. The summed E-state index contributed by atoms with van der Waals surface area (Å²) >= 11 is 5.86. The summed E-state index contributed by atoms with van der Waals surface area (Å²) < 4.78 is 54.2. The van der Waals surface area contributed by atoms with Gasteiger partial charge in [0, 0.05) is 6.07 Å². The van der Waals surface area contributed by atoms with Crippen LogP contribution in [0.1, 0.15) is 34.1 Å². The number of alkyl halides is 3. The summed E-state index contributed by atoms with van der Waals surface area (Å²) in [5, 5.41) is 13.0. The van der Waals surface area contributed by atoms with E-state index in [1.807, 2.05) is 0 Å². The van der Waals surface area contributed by atoms with Crippen LogP contribution in [0.15, 0.2) is 53.3 Å². The highest BCUT2D eigenvalue weighted by molar-refractivity contribution is 6.32. The van der Waals surface area contributed by atoms with E-state index in [1.165, 1.54) is 18.2 Å². The van der Waals surface area contributed by atoms with Gasteiger partial charge >= 0.3 is 12.1 Å². The van der Waals surface area contributed by atoms with Crippen LogP contribution in [-0.4, -0.2) is 26.8 Å². The molecule has 0 bridgehead atoms. The van der Waals surface area contributed by atoms with E-state index in [9.17, 15) is 31.9 Å². The number of nitrogens with one attached hydrogen (secondary N) is 2. The Labute approximate surface area is 182 Å². The molecule has 7 nitrogen and oxygen atoms in total. The molecule has 1 heterocycles. The highest BCUT2D eigenvalue weighted by atomic mass is 35.5. The molecular weight excluding hydrogens is 458 g/mol. The summed E-state index contributed by atoms with van der Waals surface area (Å²) in [5.41, 5.74) is -2.78. The van der Waals surface area contributed by atoms with Crippen molar-refractivity contribution in [1.29, 1.82) is 0 Å². The summed E-state index contributed by atoms with van der Waals surface area (Å²) in [6, 6.07) is 7.53. The minimum Gasteiger partial charge on any atom is -0.481 e. The molecule has 0 saturated carbocycles. The van der Waals surface area contributed by atoms with Crippen molar-refractivity contribution in [2.75, 3.05) is 0 Å². The Morgan fingerprint density at radius 1 is 1.16 bits per heavy atom. The molecule has 0 aliphatic heterocycles. The van der Waals surface area contributed by atoms with Crippen LogP contribution in [0.25, 0.3) is 5.69 Å². The third-order valence-electron chi connectivity index (χ3n) is 4.45. The number of rotatable bonds is 6. The average molecular weight is 472 g/mol. The molecular formula is C20H14ClF4N3O4. The first-order valence-electron chi connectivity index (χ1n) is 8.94. The molecule has 1 amide bonds. The van der Waals surface area contributed by atoms with Crippen molar-refractivity contribution in [3.63, 3.8) is 0 Å². The quantitative estimate of drug-likeness (QED) is 0.474. The number of carboxylic acids is 1. The number of H-pyrrole nitrogens is 1. The van der Waals surface area contributed by atoms with Crippen molar-refractivity contribution >= 4 is 23.5 Å². The van der Waals surface area contributed by atoms with Crippen LogP contribution in [0.4, 0.5) is 17.6 Å². The Bertz CT molecular complexity index is 1240. The minimum atomic E-state index is -4.80. The standard InChI is InChI=1S/C20H14ClF4N3O4/c21-18-10(4-3-5-11(18)20(23,24)25)13(9-17(30)31)26-19(32)14-8-16(29)28(27-14)15-7-2-1-6-12(15)22/h1-8,13,27H,9H2,(H,26,32)(H,30,31). The number of carbonyl (C=O) groups is 2. The van der Waals surface area contributed by atoms with E-state index in [0.717, 1.165) is 35.0 Å². The molecule has 0 aliphatic carbocycles. The SMILES string of the molecule is O=C(O)CC(NC(=O)c1cc(=O)n(-c2ccccc2F)[nH]1)c1cccc(C(F)(F)F)c1Cl. The van der Waals surface area contributed by atoms with Crippen molar-refractivity contribution in [1.82, 2.24) is 15.1 Å². The Hall–Kier alpha value is -3.60. The summed E-state index contributed by atoms with van der Waals surface area (Å²) in [4.78, 5) is 36.1. The number of amides is 1. The zero-order valence-corrected chi connectivity index (χ0v) is 16.7. The second-order valence-corrected chi connectivity index (χ2v) is 7.00. The predicted molar refractivity (Wildman–Crippen MR) is 105 cm³/mol. The second kappa shape index (κ2) is 8.87. The maximum atomic E-state index is 14.0. The maximum Gasteiger partial charge on any atom is 0.417 e. The molecule has 0 radical (unpaired) electrons. The molecule has 2 aromatic carbocycles. The van der Waals surface area contributed by atoms with Crippen LogP contribution in [0.2, 0.25) is 5.02 Å². The fourth-order valence-corrected chi connectivity index (χ4v) is 3.38. The third-order valence-corrected chi connectivity index (χ3v) is 4.87. The van der Waals surface area contributed by atoms with Gasteiger partial charge in [-0.15, -0.1) is 0 Å². The van der Waals surface area contributed by atoms with Gasteiger partial charge in [0.25, 0.3) is 11.5 Å². The smallest absolute Gasteiger partial charge is 0.417 e. The van der Waals surface area contributed by atoms with E-state index < -0.39 is 52.5 Å². The molecule has 0 spiro atoms. The normalized spacial score (nSPS) is 12.4. The second-order valence-electron chi connectivity index (χ2n) is 6.63. The summed E-state index contributed by atoms with van der Waals surface area (Å²) in [5.74, 6) is -3.17. The van der Waals surface area contributed by atoms with Crippen LogP contribution in [-0.2, 0) is 11.0 Å². The number of aromatic amines is 1. The summed E-state index contributed by atoms with van der Waals surface area (Å²) in [7, 11) is 0. The third kappa shape index (κ3) is 4.83. The van der Waals surface area contributed by atoms with Crippen LogP contribution < -0.4 is 10.9 Å². The lowest BCUT2D eigenvalue weighted by atomic mass is 10.0. The largest absolute Gasteiger partial charge is 0.481 e. The average Bonchev–Trinajstić information content (AvgIpc) is 3.08. The molecule has 1 unspecified atom stereocenters. The highest BCUT2D eigenvalue weighted by Crippen LogP contribution is 2.38. The summed E-state index contributed by atoms with van der Waals surface area (Å²) in [6.45, 7) is 0. The van der Waals surface area contributed by atoms with Crippen LogP contribution in [0, 0.1) is 5.82 Å². The fraction of sp³-hybridized carbons (Fsp3) is 0.150. The van der Waals surface area contributed by atoms with E-state index in [1.54, 1.807) is 0 Å². The first kappa shape index (κ1) is 23.1. The van der Waals surface area contributed by atoms with Gasteiger partial charge in [0.1, 0.15) is 17.2 Å². The van der Waals surface area contributed by atoms with Crippen molar-refractivity contribution in [3.8, 4) is 5.69 Å². The molecule has 1 atom stereocenters. The number of benzene rings is 2. The monoisotopic (exact) mass is 471 g/mol. The highest BCUT2D eigenvalue weighted by Gasteiger charge is 2.35. The molecule has 1 aromatic heterocycles. The zero-order valence-electron chi connectivity index (χ0n) is 15.9. The van der Waals surface area contributed by atoms with Crippen molar-refractivity contribution in [3.05, 3.63) is 86.5 Å². The topological polar surface area (TPSA) is 104 Å². The Balaban J connectivity index is 1.96. The predicted octanol–water partition coefficient (Wildman–Crippen LogP) is 3.92. The molecule has 32 heavy (non-hydrogen) atoms. The minimum absolute atomic E-state index is 0.167. The number of para-hydroxylation sites is 1. The molecule has 12 heteroatoms. The Morgan fingerprint density at radius 3 is 2.47 bits per heavy atom. The number of nitrogens with zero attached hydrogens (tertiary/aromatic N) is 1. The first-order valence-corrected chi connectivity index (χ1v) is 9.32. The fourth-order valence-electron chi connectivity index (χ4n) is 3.01. The Morgan fingerprint density at radius 2 is 1.84 bits per heavy atom. The summed E-state index contributed by atoms with van der Waals surface area (Å²) in [6.07, 6.45) is -5.59. The zero-order chi connectivity index (χ0) is 23.6. The first-order chi connectivity index (χ1) is 15.0. The van der Waals surface area contributed by atoms with Crippen molar-refractivity contribution in [2.45, 2.75) is 18.6 Å². The van der Waals surface area contributed by atoms with Crippen molar-refractivity contribution in [2.24, 2.45) is 0 Å². The number of hydrogen-bond donors (Lipinski definition) is 3. The van der Waals surface area contributed by atoms with Crippen LogP contribution >= 0.6 is 11.6 Å². The molecule has 0 saturated heterocycles. The van der Waals surface area contributed by atoms with Gasteiger partial charge in [0.15, 0.2) is 0 Å². The molecule has 3 N–H and O–H groups in total. The Kier molecular flexibility index (Phi) is 6.40. The number of halogens is 5. The van der Waals surface area contributed by atoms with E-state index >= 15 is 0 Å².